The molecule has 4 nitrogen and oxygen atoms in total. The number of ketones is 1. The number of methoxy groups -OCH3 is 2. The molecule has 0 radical (unpaired) electrons. The van der Waals surface area contributed by atoms with Gasteiger partial charge in [0, 0.05) is 12.0 Å². The summed E-state index contributed by atoms with van der Waals surface area (Å²) >= 11 is 0. The highest BCUT2D eigenvalue weighted by Gasteiger charge is 2.13. The molecule has 0 spiro atoms. The highest BCUT2D eigenvalue weighted by atomic mass is 16.5. The van der Waals surface area contributed by atoms with Gasteiger partial charge < -0.3 is 14.6 Å². The Kier molecular flexibility index (Phi) is 5.55. The molecular weight excluding hydrogens is 280 g/mol. The van der Waals surface area contributed by atoms with Crippen molar-refractivity contribution in [3.05, 3.63) is 59.7 Å². The molecule has 0 amide bonds. The quantitative estimate of drug-likeness (QED) is 0.799. The van der Waals surface area contributed by atoms with Gasteiger partial charge in [-0.15, -0.1) is 0 Å². The number of ether oxygens (including phenoxy) is 2. The van der Waals surface area contributed by atoms with Crippen molar-refractivity contribution >= 4 is 5.78 Å². The Morgan fingerprint density at radius 2 is 1.45 bits per heavy atom. The van der Waals surface area contributed by atoms with E-state index in [4.69, 9.17) is 9.47 Å². The Morgan fingerprint density at radius 3 is 1.95 bits per heavy atom. The fourth-order valence-corrected chi connectivity index (χ4v) is 2.21. The monoisotopic (exact) mass is 300 g/mol. The van der Waals surface area contributed by atoms with E-state index in [1.54, 1.807) is 38.5 Å². The summed E-state index contributed by atoms with van der Waals surface area (Å²) in [6.07, 6.45) is -0.174. The van der Waals surface area contributed by atoms with Crippen molar-refractivity contribution in [1.82, 2.24) is 0 Å². The van der Waals surface area contributed by atoms with Gasteiger partial charge in [0.1, 0.15) is 11.5 Å². The van der Waals surface area contributed by atoms with E-state index >= 15 is 0 Å². The molecule has 116 valence electrons. The second-order valence-electron chi connectivity index (χ2n) is 5.06. The van der Waals surface area contributed by atoms with Gasteiger partial charge in [-0.2, -0.15) is 0 Å². The van der Waals surface area contributed by atoms with Crippen LogP contribution in [0.15, 0.2) is 48.5 Å². The fraction of sp³-hybridized carbons (Fsp3) is 0.278. The number of aliphatic hydroxyl groups excluding tert-OH is 1. The molecule has 0 unspecified atom stereocenters. The molecule has 0 aliphatic rings. The van der Waals surface area contributed by atoms with Crippen molar-refractivity contribution < 1.29 is 19.4 Å². The van der Waals surface area contributed by atoms with E-state index in [9.17, 15) is 9.90 Å². The normalized spacial score (nSPS) is 11.8. The Bertz CT molecular complexity index is 602. The molecule has 0 heterocycles. The second-order valence-corrected chi connectivity index (χ2v) is 5.06. The van der Waals surface area contributed by atoms with Crippen LogP contribution in [-0.2, 0) is 6.42 Å². The van der Waals surface area contributed by atoms with Gasteiger partial charge in [-0.05, 0) is 48.4 Å². The molecular formula is C18H20O4. The number of aliphatic hydroxyl groups is 1. The molecule has 0 fully saturated rings. The van der Waals surface area contributed by atoms with Crippen LogP contribution in [0.2, 0.25) is 0 Å². The summed E-state index contributed by atoms with van der Waals surface area (Å²) < 4.78 is 10.1. The van der Waals surface area contributed by atoms with Crippen LogP contribution in [0, 0.1) is 0 Å². The fourth-order valence-electron chi connectivity index (χ4n) is 2.21. The van der Waals surface area contributed by atoms with E-state index < -0.39 is 6.10 Å². The van der Waals surface area contributed by atoms with Crippen molar-refractivity contribution in [3.8, 4) is 11.5 Å². The molecule has 0 aliphatic heterocycles. The lowest BCUT2D eigenvalue weighted by atomic mass is 10.00. The SMILES string of the molecule is COc1ccc(C[C@H](O)CC(=O)c2ccc(OC)cc2)cc1. The van der Waals surface area contributed by atoms with Crippen molar-refractivity contribution in [3.63, 3.8) is 0 Å². The predicted molar refractivity (Wildman–Crippen MR) is 84.6 cm³/mol. The molecule has 0 saturated heterocycles. The molecule has 2 aromatic rings. The summed E-state index contributed by atoms with van der Waals surface area (Å²) in [5.74, 6) is 1.39. The van der Waals surface area contributed by atoms with Crippen LogP contribution in [0.5, 0.6) is 11.5 Å². The number of Topliss-reactive ketones (excluding diaryl/α,β-unsaturated/α-hetero) is 1. The first-order valence-electron chi connectivity index (χ1n) is 7.10. The summed E-state index contributed by atoms with van der Waals surface area (Å²) in [7, 11) is 3.19. The van der Waals surface area contributed by atoms with Crippen LogP contribution in [0.1, 0.15) is 22.3 Å². The molecule has 0 aliphatic carbocycles. The maximum atomic E-state index is 12.1. The molecule has 4 heteroatoms. The van der Waals surface area contributed by atoms with Crippen LogP contribution < -0.4 is 9.47 Å². The standard InChI is InChI=1S/C18H20O4/c1-21-16-7-3-13(4-8-16)11-15(19)12-18(20)14-5-9-17(22-2)10-6-14/h3-10,15,19H,11-12H2,1-2H3/t15-/m0/s1. The molecule has 0 aromatic heterocycles. The van der Waals surface area contributed by atoms with Gasteiger partial charge in [0.15, 0.2) is 5.78 Å². The molecule has 1 atom stereocenters. The lowest BCUT2D eigenvalue weighted by Gasteiger charge is -2.11. The van der Waals surface area contributed by atoms with E-state index in [2.05, 4.69) is 0 Å². The van der Waals surface area contributed by atoms with Crippen molar-refractivity contribution in [2.24, 2.45) is 0 Å². The Hall–Kier alpha value is -2.33. The molecule has 22 heavy (non-hydrogen) atoms. The lowest BCUT2D eigenvalue weighted by Crippen LogP contribution is -2.16. The number of hydrogen-bond acceptors (Lipinski definition) is 4. The predicted octanol–water partition coefficient (Wildman–Crippen LogP) is 2.88. The van der Waals surface area contributed by atoms with Gasteiger partial charge in [-0.1, -0.05) is 12.1 Å². The van der Waals surface area contributed by atoms with Gasteiger partial charge in [0.25, 0.3) is 0 Å². The molecule has 2 aromatic carbocycles. The van der Waals surface area contributed by atoms with Gasteiger partial charge in [0.05, 0.1) is 20.3 Å². The van der Waals surface area contributed by atoms with Gasteiger partial charge in [-0.3, -0.25) is 4.79 Å². The van der Waals surface area contributed by atoms with Crippen molar-refractivity contribution in [2.75, 3.05) is 14.2 Å². The van der Waals surface area contributed by atoms with E-state index in [-0.39, 0.29) is 12.2 Å². The minimum Gasteiger partial charge on any atom is -0.497 e. The average molecular weight is 300 g/mol. The first kappa shape index (κ1) is 16.0. The van der Waals surface area contributed by atoms with Crippen LogP contribution >= 0.6 is 0 Å². The summed E-state index contributed by atoms with van der Waals surface area (Å²) in [5.41, 5.74) is 1.55. The number of rotatable bonds is 7. The van der Waals surface area contributed by atoms with Gasteiger partial charge in [-0.25, -0.2) is 0 Å². The number of benzene rings is 2. The maximum Gasteiger partial charge on any atom is 0.165 e. The minimum atomic E-state index is -0.706. The zero-order chi connectivity index (χ0) is 15.9. The third-order valence-electron chi connectivity index (χ3n) is 3.46. The number of hydrogen-bond donors (Lipinski definition) is 1. The summed E-state index contributed by atoms with van der Waals surface area (Å²) in [6.45, 7) is 0. The van der Waals surface area contributed by atoms with E-state index in [1.165, 1.54) is 0 Å². The van der Waals surface area contributed by atoms with E-state index in [0.717, 1.165) is 11.3 Å². The lowest BCUT2D eigenvalue weighted by molar-refractivity contribution is 0.0881. The highest BCUT2D eigenvalue weighted by Crippen LogP contribution is 2.16. The first-order valence-corrected chi connectivity index (χ1v) is 7.10. The topological polar surface area (TPSA) is 55.8 Å². The Morgan fingerprint density at radius 1 is 0.955 bits per heavy atom. The van der Waals surface area contributed by atoms with Crippen LogP contribution in [-0.4, -0.2) is 31.2 Å². The molecule has 1 N–H and O–H groups in total. The van der Waals surface area contributed by atoms with Crippen molar-refractivity contribution in [2.45, 2.75) is 18.9 Å². The van der Waals surface area contributed by atoms with Gasteiger partial charge in [0.2, 0.25) is 0 Å². The second kappa shape index (κ2) is 7.61. The van der Waals surface area contributed by atoms with Crippen molar-refractivity contribution in [1.29, 1.82) is 0 Å². The molecule has 2 rings (SSSR count). The number of carbonyl (C=O) groups excluding carboxylic acids is 1. The smallest absolute Gasteiger partial charge is 0.165 e. The Labute approximate surface area is 130 Å². The largest absolute Gasteiger partial charge is 0.497 e. The third kappa shape index (κ3) is 4.33. The zero-order valence-corrected chi connectivity index (χ0v) is 12.8. The van der Waals surface area contributed by atoms with Crippen LogP contribution in [0.3, 0.4) is 0 Å². The summed E-state index contributed by atoms with van der Waals surface area (Å²) in [6, 6.07) is 14.4. The summed E-state index contributed by atoms with van der Waals surface area (Å²) in [4.78, 5) is 12.1. The summed E-state index contributed by atoms with van der Waals surface area (Å²) in [5, 5.41) is 10.1. The van der Waals surface area contributed by atoms with E-state index in [1.807, 2.05) is 24.3 Å². The first-order chi connectivity index (χ1) is 10.6. The van der Waals surface area contributed by atoms with Crippen LogP contribution in [0.25, 0.3) is 0 Å². The molecule has 0 bridgehead atoms. The maximum absolute atomic E-state index is 12.1. The number of carbonyl (C=O) groups is 1. The third-order valence-corrected chi connectivity index (χ3v) is 3.46. The molecule has 0 saturated carbocycles. The van der Waals surface area contributed by atoms with Gasteiger partial charge >= 0.3 is 0 Å². The van der Waals surface area contributed by atoms with E-state index in [0.29, 0.717) is 17.7 Å². The minimum absolute atomic E-state index is 0.0799. The zero-order valence-electron chi connectivity index (χ0n) is 12.8. The Balaban J connectivity index is 1.92. The van der Waals surface area contributed by atoms with Crippen LogP contribution in [0.4, 0.5) is 0 Å². The average Bonchev–Trinajstić information content (AvgIpc) is 2.55. The highest BCUT2D eigenvalue weighted by molar-refractivity contribution is 5.96.